The largest absolute Gasteiger partial charge is 0.309 e. The summed E-state index contributed by atoms with van der Waals surface area (Å²) < 4.78 is 13.8. The number of rotatable bonds is 7. The fraction of sp³-hybridized carbons (Fsp3) is 0.0455. The average Bonchev–Trinajstić information content (AvgIpc) is 2.72. The van der Waals surface area contributed by atoms with Crippen LogP contribution in [0.3, 0.4) is 0 Å². The van der Waals surface area contributed by atoms with E-state index in [9.17, 15) is 9.36 Å². The summed E-state index contributed by atoms with van der Waals surface area (Å²) >= 11 is 1.56. The molecule has 0 bridgehead atoms. The van der Waals surface area contributed by atoms with Gasteiger partial charge < -0.3 is 4.57 Å². The Kier molecular flexibility index (Phi) is 6.27. The van der Waals surface area contributed by atoms with E-state index in [1.54, 1.807) is 17.8 Å². The summed E-state index contributed by atoms with van der Waals surface area (Å²) in [5.41, 5.74) is 0.681. The van der Waals surface area contributed by atoms with Gasteiger partial charge in [-0.15, -0.1) is 11.8 Å². The number of aldehydes is 1. The maximum absolute atomic E-state index is 13.8. The van der Waals surface area contributed by atoms with Crippen LogP contribution in [-0.4, -0.2) is 12.0 Å². The molecule has 0 aromatic heterocycles. The number of hydrogen-bond acceptors (Lipinski definition) is 3. The lowest BCUT2D eigenvalue weighted by molar-refractivity contribution is 0.112. The Labute approximate surface area is 158 Å². The molecule has 3 rings (SSSR count). The van der Waals surface area contributed by atoms with Gasteiger partial charge in [0, 0.05) is 26.8 Å². The molecule has 0 atom stereocenters. The van der Waals surface area contributed by atoms with Gasteiger partial charge in [-0.3, -0.25) is 4.79 Å². The van der Waals surface area contributed by atoms with Crippen molar-refractivity contribution in [2.75, 3.05) is 5.75 Å². The third kappa shape index (κ3) is 4.24. The van der Waals surface area contributed by atoms with Crippen LogP contribution in [0.4, 0.5) is 0 Å². The van der Waals surface area contributed by atoms with E-state index in [0.29, 0.717) is 11.3 Å². The second-order valence-electron chi connectivity index (χ2n) is 5.68. The van der Waals surface area contributed by atoms with Crippen molar-refractivity contribution in [3.8, 4) is 0 Å². The van der Waals surface area contributed by atoms with E-state index in [-0.39, 0.29) is 0 Å². The van der Waals surface area contributed by atoms with Crippen LogP contribution in [0.5, 0.6) is 0 Å². The number of carbonyl (C=O) groups excluding carboxylic acids is 1. The molecule has 0 N–H and O–H groups in total. The smallest absolute Gasteiger partial charge is 0.163 e. The molecule has 3 aromatic carbocycles. The van der Waals surface area contributed by atoms with Crippen molar-refractivity contribution in [3.63, 3.8) is 0 Å². The number of thioether (sulfide) groups is 1. The van der Waals surface area contributed by atoms with Gasteiger partial charge in [-0.05, 0) is 11.9 Å². The summed E-state index contributed by atoms with van der Waals surface area (Å²) in [7, 11) is -2.83. The molecular formula is C22H19O2PS. The van der Waals surface area contributed by atoms with E-state index in [1.807, 2.05) is 90.8 Å². The van der Waals surface area contributed by atoms with Gasteiger partial charge in [0.05, 0.1) is 0 Å². The minimum atomic E-state index is -2.83. The third-order valence-corrected chi connectivity index (χ3v) is 7.78. The summed E-state index contributed by atoms with van der Waals surface area (Å²) in [5, 5.41) is 1.64. The Balaban J connectivity index is 1.84. The van der Waals surface area contributed by atoms with Crippen LogP contribution in [0.2, 0.25) is 0 Å². The summed E-state index contributed by atoms with van der Waals surface area (Å²) in [6.45, 7) is 0. The highest BCUT2D eigenvalue weighted by Crippen LogP contribution is 2.45. The molecule has 0 saturated heterocycles. The summed E-state index contributed by atoms with van der Waals surface area (Å²) in [6.07, 6.45) is 2.80. The minimum Gasteiger partial charge on any atom is -0.309 e. The highest BCUT2D eigenvalue weighted by atomic mass is 32.2. The van der Waals surface area contributed by atoms with Crippen LogP contribution in [0.1, 0.15) is 10.4 Å². The van der Waals surface area contributed by atoms with Gasteiger partial charge in [-0.1, -0.05) is 84.9 Å². The normalized spacial score (nSPS) is 11.5. The van der Waals surface area contributed by atoms with Crippen molar-refractivity contribution in [2.24, 2.45) is 0 Å². The summed E-state index contributed by atoms with van der Waals surface area (Å²) in [4.78, 5) is 12.0. The predicted molar refractivity (Wildman–Crippen MR) is 111 cm³/mol. The standard InChI is InChI=1S/C22H19O2PS/c23-18-19-10-7-8-15-22(19)26-17-9-16-25(24,20-11-3-1-4-12-20)21-13-5-2-6-14-21/h1-16,18H,17H2/b16-9+. The molecule has 0 aliphatic carbocycles. The van der Waals surface area contributed by atoms with Gasteiger partial charge in [0.1, 0.15) is 0 Å². The average molecular weight is 378 g/mol. The highest BCUT2D eigenvalue weighted by molar-refractivity contribution is 7.99. The van der Waals surface area contributed by atoms with Crippen LogP contribution < -0.4 is 10.6 Å². The molecule has 0 amide bonds. The van der Waals surface area contributed by atoms with Crippen molar-refractivity contribution in [3.05, 3.63) is 102 Å². The highest BCUT2D eigenvalue weighted by Gasteiger charge is 2.23. The zero-order chi connectivity index (χ0) is 18.2. The van der Waals surface area contributed by atoms with E-state index in [1.165, 1.54) is 0 Å². The minimum absolute atomic E-state index is 0.647. The molecule has 4 heteroatoms. The molecule has 0 fully saturated rings. The first-order valence-corrected chi connectivity index (χ1v) is 11.1. The molecule has 0 radical (unpaired) electrons. The topological polar surface area (TPSA) is 34.1 Å². The van der Waals surface area contributed by atoms with Gasteiger partial charge >= 0.3 is 0 Å². The van der Waals surface area contributed by atoms with E-state index < -0.39 is 7.14 Å². The van der Waals surface area contributed by atoms with Crippen LogP contribution >= 0.6 is 18.9 Å². The molecule has 0 unspecified atom stereocenters. The maximum atomic E-state index is 13.8. The number of benzene rings is 3. The SMILES string of the molecule is O=Cc1ccccc1SC/C=C/P(=O)(c1ccccc1)c1ccccc1. The lowest BCUT2D eigenvalue weighted by Crippen LogP contribution is -2.13. The van der Waals surface area contributed by atoms with Crippen molar-refractivity contribution in [1.29, 1.82) is 0 Å². The fourth-order valence-corrected chi connectivity index (χ4v) is 5.91. The second kappa shape index (κ2) is 8.84. The fourth-order valence-electron chi connectivity index (χ4n) is 2.66. The predicted octanol–water partition coefficient (Wildman–Crippen LogP) is 5.12. The van der Waals surface area contributed by atoms with E-state index in [4.69, 9.17) is 0 Å². The van der Waals surface area contributed by atoms with Crippen LogP contribution in [0, 0.1) is 0 Å². The molecule has 0 aliphatic heterocycles. The van der Waals surface area contributed by atoms with Gasteiger partial charge in [0.25, 0.3) is 0 Å². The first-order valence-electron chi connectivity index (χ1n) is 8.30. The summed E-state index contributed by atoms with van der Waals surface area (Å²) in [5.74, 6) is 2.47. The Morgan fingerprint density at radius 1 is 0.769 bits per heavy atom. The van der Waals surface area contributed by atoms with Crippen molar-refractivity contribution >= 4 is 35.8 Å². The first-order chi connectivity index (χ1) is 12.7. The maximum Gasteiger partial charge on any atom is 0.163 e. The third-order valence-electron chi connectivity index (χ3n) is 3.98. The molecule has 0 saturated carbocycles. The number of hydrogen-bond donors (Lipinski definition) is 0. The van der Waals surface area contributed by atoms with E-state index in [2.05, 4.69) is 0 Å². The van der Waals surface area contributed by atoms with Crippen LogP contribution in [0.15, 0.2) is 102 Å². The van der Waals surface area contributed by atoms with Crippen molar-refractivity contribution in [2.45, 2.75) is 4.90 Å². The Hall–Kier alpha value is -2.35. The van der Waals surface area contributed by atoms with Gasteiger partial charge in [-0.25, -0.2) is 0 Å². The van der Waals surface area contributed by atoms with Gasteiger partial charge in [0.15, 0.2) is 13.4 Å². The lowest BCUT2D eigenvalue weighted by Gasteiger charge is -2.15. The van der Waals surface area contributed by atoms with Crippen molar-refractivity contribution < 1.29 is 9.36 Å². The second-order valence-corrected chi connectivity index (χ2v) is 9.39. The van der Waals surface area contributed by atoms with Crippen LogP contribution in [0.25, 0.3) is 0 Å². The van der Waals surface area contributed by atoms with Gasteiger partial charge in [0.2, 0.25) is 0 Å². The quantitative estimate of drug-likeness (QED) is 0.325. The molecule has 0 spiro atoms. The molecular weight excluding hydrogens is 359 g/mol. The first kappa shape index (κ1) is 18.4. The Morgan fingerprint density at radius 2 is 1.31 bits per heavy atom. The molecule has 0 aliphatic rings. The zero-order valence-electron chi connectivity index (χ0n) is 14.2. The monoisotopic (exact) mass is 378 g/mol. The molecule has 2 nitrogen and oxygen atoms in total. The molecule has 0 heterocycles. The number of carbonyl (C=O) groups is 1. The van der Waals surface area contributed by atoms with Crippen LogP contribution in [-0.2, 0) is 4.57 Å². The van der Waals surface area contributed by atoms with Gasteiger partial charge in [-0.2, -0.15) is 0 Å². The molecule has 3 aromatic rings. The van der Waals surface area contributed by atoms with E-state index in [0.717, 1.165) is 21.8 Å². The molecule has 130 valence electrons. The Morgan fingerprint density at radius 3 is 1.88 bits per heavy atom. The lowest BCUT2D eigenvalue weighted by atomic mass is 10.2. The molecule has 26 heavy (non-hydrogen) atoms. The van der Waals surface area contributed by atoms with E-state index >= 15 is 0 Å². The zero-order valence-corrected chi connectivity index (χ0v) is 15.9. The Bertz CT molecular complexity index is 893. The summed E-state index contributed by atoms with van der Waals surface area (Å²) in [6, 6.07) is 26.6. The van der Waals surface area contributed by atoms with Crippen molar-refractivity contribution in [1.82, 2.24) is 0 Å².